The van der Waals surface area contributed by atoms with Gasteiger partial charge in [0.1, 0.15) is 12.4 Å². The van der Waals surface area contributed by atoms with E-state index in [1.807, 2.05) is 0 Å². The van der Waals surface area contributed by atoms with Crippen LogP contribution in [0.5, 0.6) is 5.75 Å². The van der Waals surface area contributed by atoms with E-state index in [0.29, 0.717) is 19.3 Å². The van der Waals surface area contributed by atoms with Crippen molar-refractivity contribution in [2.45, 2.75) is 53.0 Å². The first-order chi connectivity index (χ1) is 12.4. The molecule has 0 unspecified atom stereocenters. The number of ether oxygens (including phenoxy) is 2. The molecule has 0 heterocycles. The number of aryl methyl sites for hydroxylation is 1. The molecule has 0 aliphatic rings. The number of hydrogen-bond donors (Lipinski definition) is 3. The maximum absolute atomic E-state index is 9.10. The van der Waals surface area contributed by atoms with Crippen molar-refractivity contribution >= 4 is 11.9 Å². The number of hydrogen-bond acceptors (Lipinski definition) is 5. The molecule has 0 saturated carbocycles. The van der Waals surface area contributed by atoms with E-state index in [0.717, 1.165) is 18.9 Å². The molecule has 0 aliphatic heterocycles. The number of aliphatic carboxylic acids is 2. The summed E-state index contributed by atoms with van der Waals surface area (Å²) in [5, 5.41) is 18.1. The minimum atomic E-state index is -1.82. The van der Waals surface area contributed by atoms with Crippen molar-refractivity contribution in [3.05, 3.63) is 29.3 Å². The second kappa shape index (κ2) is 12.3. The summed E-state index contributed by atoms with van der Waals surface area (Å²) in [4.78, 5) is 18.2. The maximum Gasteiger partial charge on any atom is 0.414 e. The van der Waals surface area contributed by atoms with E-state index >= 15 is 0 Å². The van der Waals surface area contributed by atoms with Crippen molar-refractivity contribution < 1.29 is 29.3 Å². The smallest absolute Gasteiger partial charge is 0.414 e. The molecule has 7 heteroatoms. The molecule has 1 aromatic rings. The number of carbonyl (C=O) groups is 2. The minimum absolute atomic E-state index is 0.0867. The number of benzene rings is 1. The quantitative estimate of drug-likeness (QED) is 0.468. The first-order valence-electron chi connectivity index (χ1n) is 8.96. The van der Waals surface area contributed by atoms with E-state index in [9.17, 15) is 0 Å². The molecule has 0 bridgehead atoms. The minimum Gasteiger partial charge on any atom is -0.491 e. The fraction of sp³-hybridized carbons (Fsp3) is 0.600. The van der Waals surface area contributed by atoms with Crippen molar-refractivity contribution in [3.63, 3.8) is 0 Å². The highest BCUT2D eigenvalue weighted by atomic mass is 16.5. The van der Waals surface area contributed by atoms with Gasteiger partial charge in [0.15, 0.2) is 0 Å². The summed E-state index contributed by atoms with van der Waals surface area (Å²) >= 11 is 0. The molecule has 1 rings (SSSR count). The van der Waals surface area contributed by atoms with Crippen LogP contribution < -0.4 is 10.1 Å². The Bertz CT molecular complexity index is 581. The lowest BCUT2D eigenvalue weighted by Crippen LogP contribution is -2.27. The molecule has 0 spiro atoms. The Morgan fingerprint density at radius 3 is 2.15 bits per heavy atom. The molecule has 0 atom stereocenters. The van der Waals surface area contributed by atoms with Gasteiger partial charge in [0, 0.05) is 12.6 Å². The Balaban J connectivity index is 0.000000972. The van der Waals surface area contributed by atoms with Crippen LogP contribution in [0.25, 0.3) is 0 Å². The van der Waals surface area contributed by atoms with Gasteiger partial charge in [-0.25, -0.2) is 9.59 Å². The molecule has 0 amide bonds. The van der Waals surface area contributed by atoms with Gasteiger partial charge in [-0.05, 0) is 24.0 Å². The highest BCUT2D eigenvalue weighted by molar-refractivity contribution is 6.27. The average molecular weight is 383 g/mol. The van der Waals surface area contributed by atoms with Gasteiger partial charge in [-0.1, -0.05) is 52.3 Å². The topological polar surface area (TPSA) is 105 Å². The molecule has 0 aromatic heterocycles. The molecule has 27 heavy (non-hydrogen) atoms. The van der Waals surface area contributed by atoms with E-state index in [2.05, 4.69) is 65.1 Å². The van der Waals surface area contributed by atoms with Gasteiger partial charge in [0.2, 0.25) is 0 Å². The fourth-order valence-electron chi connectivity index (χ4n) is 2.09. The lowest BCUT2D eigenvalue weighted by atomic mass is 9.85. The molecule has 7 nitrogen and oxygen atoms in total. The Labute approximate surface area is 161 Å². The van der Waals surface area contributed by atoms with Crippen molar-refractivity contribution in [2.24, 2.45) is 0 Å². The van der Waals surface area contributed by atoms with Crippen molar-refractivity contribution in [3.8, 4) is 5.75 Å². The van der Waals surface area contributed by atoms with Crippen LogP contribution in [0.15, 0.2) is 18.2 Å². The van der Waals surface area contributed by atoms with E-state index < -0.39 is 11.9 Å². The normalized spacial score (nSPS) is 10.9. The van der Waals surface area contributed by atoms with Crippen LogP contribution in [-0.4, -0.2) is 54.6 Å². The van der Waals surface area contributed by atoms with E-state index in [1.54, 1.807) is 0 Å². The molecule has 154 valence electrons. The van der Waals surface area contributed by atoms with Gasteiger partial charge in [-0.2, -0.15) is 0 Å². The van der Waals surface area contributed by atoms with Crippen LogP contribution in [0.3, 0.4) is 0 Å². The van der Waals surface area contributed by atoms with Gasteiger partial charge >= 0.3 is 11.9 Å². The molecular formula is C20H33NO6. The average Bonchev–Trinajstić information content (AvgIpc) is 2.54. The van der Waals surface area contributed by atoms with Crippen LogP contribution >= 0.6 is 0 Å². The van der Waals surface area contributed by atoms with E-state index in [-0.39, 0.29) is 5.41 Å². The molecule has 0 saturated heterocycles. The standard InChI is InChI=1S/C18H31NO2.C2H2O4/c1-14(2)19-9-10-20-11-12-21-17-8-7-15(3)13-16(17)18(4,5)6;3-1(4)2(5)6/h7-8,13-14,19H,9-12H2,1-6H3;(H,3,4)(H,5,6). The van der Waals surface area contributed by atoms with Gasteiger partial charge in [-0.15, -0.1) is 0 Å². The summed E-state index contributed by atoms with van der Waals surface area (Å²) in [6.45, 7) is 15.8. The third-order valence-corrected chi connectivity index (χ3v) is 3.41. The van der Waals surface area contributed by atoms with Crippen molar-refractivity contribution in [1.82, 2.24) is 5.32 Å². The monoisotopic (exact) mass is 383 g/mol. The number of carboxylic acid groups (broad SMARTS) is 2. The zero-order valence-electron chi connectivity index (χ0n) is 17.2. The van der Waals surface area contributed by atoms with Crippen LogP contribution in [0.2, 0.25) is 0 Å². The Hall–Kier alpha value is -2.12. The van der Waals surface area contributed by atoms with Crippen LogP contribution in [-0.2, 0) is 19.7 Å². The van der Waals surface area contributed by atoms with Gasteiger partial charge in [-0.3, -0.25) is 0 Å². The van der Waals surface area contributed by atoms with E-state index in [4.69, 9.17) is 29.3 Å². The lowest BCUT2D eigenvalue weighted by Gasteiger charge is -2.23. The maximum atomic E-state index is 9.10. The summed E-state index contributed by atoms with van der Waals surface area (Å²) in [5.74, 6) is -2.68. The molecule has 3 N–H and O–H groups in total. The Kier molecular flexibility index (Phi) is 11.3. The van der Waals surface area contributed by atoms with Crippen molar-refractivity contribution in [1.29, 1.82) is 0 Å². The SMILES string of the molecule is Cc1ccc(OCCOCCNC(C)C)c(C(C)(C)C)c1.O=C(O)C(=O)O. The predicted octanol–water partition coefficient (Wildman–Crippen LogP) is 2.84. The van der Waals surface area contributed by atoms with Crippen LogP contribution in [0.1, 0.15) is 45.7 Å². The number of nitrogens with one attached hydrogen (secondary N) is 1. The second-order valence-corrected chi connectivity index (χ2v) is 7.43. The molecule has 0 radical (unpaired) electrons. The Morgan fingerprint density at radius 2 is 1.67 bits per heavy atom. The first kappa shape index (κ1) is 24.9. The third-order valence-electron chi connectivity index (χ3n) is 3.41. The Morgan fingerprint density at radius 1 is 1.07 bits per heavy atom. The van der Waals surface area contributed by atoms with Crippen LogP contribution in [0.4, 0.5) is 0 Å². The lowest BCUT2D eigenvalue weighted by molar-refractivity contribution is -0.159. The zero-order valence-corrected chi connectivity index (χ0v) is 17.2. The summed E-state index contributed by atoms with van der Waals surface area (Å²) in [6, 6.07) is 6.88. The summed E-state index contributed by atoms with van der Waals surface area (Å²) < 4.78 is 11.5. The van der Waals surface area contributed by atoms with Crippen LogP contribution in [0, 0.1) is 6.92 Å². The molecule has 1 aromatic carbocycles. The van der Waals surface area contributed by atoms with Gasteiger partial charge in [0.25, 0.3) is 0 Å². The zero-order chi connectivity index (χ0) is 21.0. The number of rotatable bonds is 8. The first-order valence-corrected chi connectivity index (χ1v) is 8.96. The summed E-state index contributed by atoms with van der Waals surface area (Å²) in [7, 11) is 0. The highest BCUT2D eigenvalue weighted by Gasteiger charge is 2.19. The van der Waals surface area contributed by atoms with Crippen molar-refractivity contribution in [2.75, 3.05) is 26.4 Å². The van der Waals surface area contributed by atoms with Gasteiger partial charge in [0.05, 0.1) is 13.2 Å². The largest absolute Gasteiger partial charge is 0.491 e. The fourth-order valence-corrected chi connectivity index (χ4v) is 2.09. The molecule has 0 fully saturated rings. The molecule has 0 aliphatic carbocycles. The van der Waals surface area contributed by atoms with E-state index in [1.165, 1.54) is 11.1 Å². The molecular weight excluding hydrogens is 350 g/mol. The summed E-state index contributed by atoms with van der Waals surface area (Å²) in [6.07, 6.45) is 0. The predicted molar refractivity (Wildman–Crippen MR) is 105 cm³/mol. The number of carboxylic acids is 2. The second-order valence-electron chi connectivity index (χ2n) is 7.43. The summed E-state index contributed by atoms with van der Waals surface area (Å²) in [5.41, 5.74) is 2.61. The third kappa shape index (κ3) is 12.0. The highest BCUT2D eigenvalue weighted by Crippen LogP contribution is 2.32. The van der Waals surface area contributed by atoms with Gasteiger partial charge < -0.3 is 25.0 Å².